The third-order valence-electron chi connectivity index (χ3n) is 5.53. The number of benzene rings is 2. The molecule has 2 rings (SSSR count). The summed E-state index contributed by atoms with van der Waals surface area (Å²) in [5, 5.41) is 3.67. The van der Waals surface area contributed by atoms with Crippen LogP contribution in [-0.2, 0) is 26.2 Å². The number of hydrogen-bond acceptors (Lipinski definition) is 4. The number of sulfonamides is 1. The summed E-state index contributed by atoms with van der Waals surface area (Å²) in [6.07, 6.45) is 1.38. The summed E-state index contributed by atoms with van der Waals surface area (Å²) in [6.45, 7) is 7.57. The molecule has 7 nitrogen and oxygen atoms in total. The second-order valence-electron chi connectivity index (χ2n) is 9.02. The van der Waals surface area contributed by atoms with E-state index in [4.69, 9.17) is 23.2 Å². The summed E-state index contributed by atoms with van der Waals surface area (Å²) in [5.41, 5.74) is 1.76. The molecule has 2 amide bonds. The molecule has 0 saturated heterocycles. The predicted octanol–water partition coefficient (Wildman–Crippen LogP) is 5.41. The Hall–Kier alpha value is -1.81. The fourth-order valence-electron chi connectivity index (χ4n) is 3.57. The maximum Gasteiger partial charge on any atom is 0.244 e. The fraction of sp³-hybridized carbons (Fsp3) is 0.440. The lowest BCUT2D eigenvalue weighted by Gasteiger charge is -2.33. The molecule has 0 aliphatic rings. The molecule has 0 fully saturated rings. The number of carbonyl (C=O) groups is 2. The van der Waals surface area contributed by atoms with Crippen LogP contribution in [0.25, 0.3) is 0 Å². The molecule has 36 heavy (non-hydrogen) atoms. The van der Waals surface area contributed by atoms with Crippen LogP contribution in [0, 0.1) is 12.8 Å². The Morgan fingerprint density at radius 3 is 2.31 bits per heavy atom. The molecule has 2 aromatic rings. The number of carbonyl (C=O) groups excluding carboxylic acids is 2. The number of amides is 2. The van der Waals surface area contributed by atoms with Gasteiger partial charge in [0.2, 0.25) is 21.8 Å². The zero-order chi connectivity index (χ0) is 27.2. The van der Waals surface area contributed by atoms with Crippen LogP contribution in [0.1, 0.15) is 38.3 Å². The molecule has 11 heteroatoms. The van der Waals surface area contributed by atoms with E-state index in [2.05, 4.69) is 21.2 Å². The molecule has 0 aliphatic carbocycles. The standard InChI is InChI=1S/C25H32BrCl2N3O4S/c1-6-23(25(33)29-13-16(2)3)30(14-18-7-8-19(27)12-22(18)28)24(32)15-31(36(5,34)35)20-9-10-21(26)17(4)11-20/h7-12,16,23H,6,13-15H2,1-5H3,(H,29,33)/t23-/m0/s1. The number of nitrogens with zero attached hydrogens (tertiary/aromatic N) is 2. The van der Waals surface area contributed by atoms with Crippen LogP contribution in [0.4, 0.5) is 5.69 Å². The highest BCUT2D eigenvalue weighted by Crippen LogP contribution is 2.27. The van der Waals surface area contributed by atoms with E-state index in [0.29, 0.717) is 34.3 Å². The van der Waals surface area contributed by atoms with Gasteiger partial charge in [-0.05, 0) is 60.7 Å². The first-order valence-corrected chi connectivity index (χ1v) is 14.9. The second kappa shape index (κ2) is 13.1. The molecule has 0 radical (unpaired) electrons. The van der Waals surface area contributed by atoms with Gasteiger partial charge in [-0.15, -0.1) is 0 Å². The lowest BCUT2D eigenvalue weighted by atomic mass is 10.1. The van der Waals surface area contributed by atoms with Gasteiger partial charge >= 0.3 is 0 Å². The van der Waals surface area contributed by atoms with Gasteiger partial charge in [-0.3, -0.25) is 13.9 Å². The van der Waals surface area contributed by atoms with Crippen LogP contribution in [0.5, 0.6) is 0 Å². The molecular formula is C25H32BrCl2N3O4S. The van der Waals surface area contributed by atoms with Gasteiger partial charge in [0.1, 0.15) is 12.6 Å². The minimum Gasteiger partial charge on any atom is -0.354 e. The summed E-state index contributed by atoms with van der Waals surface area (Å²) >= 11 is 15.8. The minimum atomic E-state index is -3.81. The number of hydrogen-bond donors (Lipinski definition) is 1. The molecule has 0 bridgehead atoms. The Morgan fingerprint density at radius 1 is 1.11 bits per heavy atom. The Morgan fingerprint density at radius 2 is 1.78 bits per heavy atom. The highest BCUT2D eigenvalue weighted by Gasteiger charge is 2.32. The van der Waals surface area contributed by atoms with Gasteiger partial charge in [0.15, 0.2) is 0 Å². The zero-order valence-corrected chi connectivity index (χ0v) is 24.9. The monoisotopic (exact) mass is 619 g/mol. The average Bonchev–Trinajstić information content (AvgIpc) is 2.78. The van der Waals surface area contributed by atoms with Crippen LogP contribution in [0.3, 0.4) is 0 Å². The van der Waals surface area contributed by atoms with Crippen molar-refractivity contribution in [3.05, 3.63) is 62.0 Å². The van der Waals surface area contributed by atoms with Crippen LogP contribution < -0.4 is 9.62 Å². The first-order chi connectivity index (χ1) is 16.7. The maximum atomic E-state index is 13.7. The lowest BCUT2D eigenvalue weighted by molar-refractivity contribution is -0.140. The van der Waals surface area contributed by atoms with Crippen molar-refractivity contribution < 1.29 is 18.0 Å². The van der Waals surface area contributed by atoms with Gasteiger partial charge in [-0.25, -0.2) is 8.42 Å². The number of aryl methyl sites for hydroxylation is 1. The van der Waals surface area contributed by atoms with E-state index in [1.54, 1.807) is 43.3 Å². The molecule has 198 valence electrons. The van der Waals surface area contributed by atoms with Crippen molar-refractivity contribution in [2.24, 2.45) is 5.92 Å². The van der Waals surface area contributed by atoms with E-state index in [9.17, 15) is 18.0 Å². The van der Waals surface area contributed by atoms with Crippen molar-refractivity contribution in [2.45, 2.75) is 46.7 Å². The molecule has 0 aliphatic heterocycles. The zero-order valence-electron chi connectivity index (χ0n) is 21.0. The predicted molar refractivity (Wildman–Crippen MR) is 150 cm³/mol. The number of halogens is 3. The van der Waals surface area contributed by atoms with Crippen molar-refractivity contribution in [1.29, 1.82) is 0 Å². The molecule has 0 unspecified atom stereocenters. The molecule has 0 spiro atoms. The number of anilines is 1. The minimum absolute atomic E-state index is 0.0133. The molecule has 0 aromatic heterocycles. The second-order valence-corrected chi connectivity index (χ2v) is 12.6. The van der Waals surface area contributed by atoms with Crippen molar-refractivity contribution >= 4 is 66.7 Å². The number of rotatable bonds is 11. The summed E-state index contributed by atoms with van der Waals surface area (Å²) < 4.78 is 27.3. The maximum absolute atomic E-state index is 13.7. The van der Waals surface area contributed by atoms with Crippen LogP contribution in [0.2, 0.25) is 10.0 Å². The third-order valence-corrected chi connectivity index (χ3v) is 8.15. The molecule has 1 N–H and O–H groups in total. The summed E-state index contributed by atoms with van der Waals surface area (Å²) in [4.78, 5) is 28.2. The van der Waals surface area contributed by atoms with Gasteiger partial charge in [0.05, 0.1) is 11.9 Å². The van der Waals surface area contributed by atoms with Gasteiger partial charge in [0, 0.05) is 27.6 Å². The van der Waals surface area contributed by atoms with E-state index in [1.165, 1.54) is 4.90 Å². The van der Waals surface area contributed by atoms with Crippen molar-refractivity contribution in [3.63, 3.8) is 0 Å². The average molecular weight is 621 g/mol. The molecule has 1 atom stereocenters. The third kappa shape index (κ3) is 8.36. The van der Waals surface area contributed by atoms with Crippen molar-refractivity contribution in [3.8, 4) is 0 Å². The molecule has 0 saturated carbocycles. The summed E-state index contributed by atoms with van der Waals surface area (Å²) in [6, 6.07) is 9.12. The largest absolute Gasteiger partial charge is 0.354 e. The lowest BCUT2D eigenvalue weighted by Crippen LogP contribution is -2.52. The smallest absolute Gasteiger partial charge is 0.244 e. The van der Waals surface area contributed by atoms with E-state index in [0.717, 1.165) is 20.6 Å². The SMILES string of the molecule is CC[C@@H](C(=O)NCC(C)C)N(Cc1ccc(Cl)cc1Cl)C(=O)CN(c1ccc(Br)c(C)c1)S(C)(=O)=O. The van der Waals surface area contributed by atoms with Gasteiger partial charge in [-0.2, -0.15) is 0 Å². The summed E-state index contributed by atoms with van der Waals surface area (Å²) in [5.74, 6) is -0.615. The van der Waals surface area contributed by atoms with Crippen LogP contribution >= 0.6 is 39.1 Å². The van der Waals surface area contributed by atoms with Gasteiger partial charge in [-0.1, -0.05) is 66.0 Å². The molecular weight excluding hydrogens is 589 g/mol. The van der Waals surface area contributed by atoms with Crippen molar-refractivity contribution in [2.75, 3.05) is 23.7 Å². The van der Waals surface area contributed by atoms with Crippen LogP contribution in [-0.4, -0.2) is 50.5 Å². The van der Waals surface area contributed by atoms with E-state index in [-0.39, 0.29) is 18.4 Å². The Bertz CT molecular complexity index is 1210. The number of nitrogens with one attached hydrogen (secondary N) is 1. The first-order valence-electron chi connectivity index (χ1n) is 11.5. The fourth-order valence-corrected chi connectivity index (χ4v) is 5.13. The molecule has 2 aromatic carbocycles. The first kappa shape index (κ1) is 30.4. The Labute approximate surface area is 232 Å². The highest BCUT2D eigenvalue weighted by molar-refractivity contribution is 9.10. The topological polar surface area (TPSA) is 86.8 Å². The quantitative estimate of drug-likeness (QED) is 0.364. The van der Waals surface area contributed by atoms with Gasteiger partial charge < -0.3 is 10.2 Å². The van der Waals surface area contributed by atoms with Crippen molar-refractivity contribution in [1.82, 2.24) is 10.2 Å². The highest BCUT2D eigenvalue weighted by atomic mass is 79.9. The van der Waals surface area contributed by atoms with Gasteiger partial charge in [0.25, 0.3) is 0 Å². The molecule has 0 heterocycles. The normalized spacial score (nSPS) is 12.4. The summed E-state index contributed by atoms with van der Waals surface area (Å²) in [7, 11) is -3.81. The van der Waals surface area contributed by atoms with Crippen LogP contribution in [0.15, 0.2) is 40.9 Å². The Balaban J connectivity index is 2.48. The van der Waals surface area contributed by atoms with E-state index >= 15 is 0 Å². The van der Waals surface area contributed by atoms with E-state index < -0.39 is 28.5 Å². The Kier molecular flexibility index (Phi) is 11.1. The van der Waals surface area contributed by atoms with E-state index in [1.807, 2.05) is 20.8 Å².